The standard InChI is InChI=1S/C22H28N4O4/c1-22(2,3)19(21(29)25-16-9-11-24-12-10-16)26-20(28)17(23)13-18(27)30-14-15-7-5-4-6-8-15/h4-12,17,19H,13-14,23H2,1-3H3,(H,26,28)(H,24,25,29)/t17-,19-/m1/s1. The second kappa shape index (κ2) is 10.5. The fourth-order valence-corrected chi connectivity index (χ4v) is 2.64. The number of benzene rings is 1. The minimum atomic E-state index is -1.13. The summed E-state index contributed by atoms with van der Waals surface area (Å²) in [5.41, 5.74) is 6.70. The molecule has 4 N–H and O–H groups in total. The van der Waals surface area contributed by atoms with Gasteiger partial charge in [-0.3, -0.25) is 19.4 Å². The molecule has 8 nitrogen and oxygen atoms in total. The first kappa shape index (κ1) is 23.0. The monoisotopic (exact) mass is 412 g/mol. The molecule has 2 atom stereocenters. The van der Waals surface area contributed by atoms with E-state index in [-0.39, 0.29) is 18.9 Å². The van der Waals surface area contributed by atoms with Gasteiger partial charge in [0.05, 0.1) is 12.5 Å². The van der Waals surface area contributed by atoms with Crippen LogP contribution in [0.1, 0.15) is 32.8 Å². The smallest absolute Gasteiger partial charge is 0.308 e. The molecule has 1 heterocycles. The maximum Gasteiger partial charge on any atom is 0.308 e. The third-order valence-corrected chi connectivity index (χ3v) is 4.33. The number of aromatic nitrogens is 1. The number of ether oxygens (including phenoxy) is 1. The van der Waals surface area contributed by atoms with Crippen molar-refractivity contribution < 1.29 is 19.1 Å². The van der Waals surface area contributed by atoms with Crippen LogP contribution in [0.4, 0.5) is 5.69 Å². The number of rotatable bonds is 8. The first-order chi connectivity index (χ1) is 14.2. The minimum Gasteiger partial charge on any atom is -0.461 e. The van der Waals surface area contributed by atoms with E-state index < -0.39 is 29.4 Å². The number of nitrogens with two attached hydrogens (primary N) is 1. The van der Waals surface area contributed by atoms with Crippen LogP contribution in [-0.2, 0) is 25.7 Å². The fraction of sp³-hybridized carbons (Fsp3) is 0.364. The van der Waals surface area contributed by atoms with Gasteiger partial charge in [-0.05, 0) is 23.1 Å². The van der Waals surface area contributed by atoms with Crippen LogP contribution in [0.15, 0.2) is 54.9 Å². The van der Waals surface area contributed by atoms with E-state index in [0.717, 1.165) is 5.56 Å². The molecule has 0 saturated carbocycles. The van der Waals surface area contributed by atoms with Crippen LogP contribution in [0.25, 0.3) is 0 Å². The quantitative estimate of drug-likeness (QED) is 0.570. The van der Waals surface area contributed by atoms with Gasteiger partial charge in [0.1, 0.15) is 12.6 Å². The van der Waals surface area contributed by atoms with Gasteiger partial charge in [-0.2, -0.15) is 0 Å². The van der Waals surface area contributed by atoms with Crippen molar-refractivity contribution in [1.29, 1.82) is 0 Å². The van der Waals surface area contributed by atoms with Gasteiger partial charge in [-0.15, -0.1) is 0 Å². The highest BCUT2D eigenvalue weighted by Gasteiger charge is 2.34. The van der Waals surface area contributed by atoms with Gasteiger partial charge >= 0.3 is 5.97 Å². The molecule has 0 unspecified atom stereocenters. The molecule has 0 bridgehead atoms. The van der Waals surface area contributed by atoms with Crippen LogP contribution in [0.2, 0.25) is 0 Å². The normalized spacial score (nSPS) is 13.1. The number of hydrogen-bond acceptors (Lipinski definition) is 6. The van der Waals surface area contributed by atoms with E-state index in [1.54, 1.807) is 24.5 Å². The molecule has 0 aliphatic heterocycles. The Kier molecular flexibility index (Phi) is 8.06. The largest absolute Gasteiger partial charge is 0.461 e. The molecule has 0 fully saturated rings. The van der Waals surface area contributed by atoms with Gasteiger partial charge in [0.15, 0.2) is 0 Å². The Hall–Kier alpha value is -3.26. The zero-order valence-corrected chi connectivity index (χ0v) is 17.4. The van der Waals surface area contributed by atoms with Gasteiger partial charge < -0.3 is 21.1 Å². The predicted octanol–water partition coefficient (Wildman–Crippen LogP) is 2.01. The van der Waals surface area contributed by atoms with Crippen molar-refractivity contribution in [2.45, 2.75) is 45.9 Å². The molecule has 2 rings (SSSR count). The van der Waals surface area contributed by atoms with Crippen molar-refractivity contribution in [2.24, 2.45) is 11.1 Å². The lowest BCUT2D eigenvalue weighted by Crippen LogP contribution is -2.55. The summed E-state index contributed by atoms with van der Waals surface area (Å²) in [7, 11) is 0. The Labute approximate surface area is 176 Å². The molecule has 160 valence electrons. The number of amides is 2. The molecule has 30 heavy (non-hydrogen) atoms. The maximum atomic E-state index is 12.7. The lowest BCUT2D eigenvalue weighted by atomic mass is 9.85. The average Bonchev–Trinajstić information content (AvgIpc) is 2.70. The molecular weight excluding hydrogens is 384 g/mol. The zero-order chi connectivity index (χ0) is 22.1. The average molecular weight is 412 g/mol. The van der Waals surface area contributed by atoms with Gasteiger partial charge in [0.25, 0.3) is 0 Å². The summed E-state index contributed by atoms with van der Waals surface area (Å²) >= 11 is 0. The Balaban J connectivity index is 1.92. The van der Waals surface area contributed by atoms with Crippen molar-refractivity contribution in [1.82, 2.24) is 10.3 Å². The highest BCUT2D eigenvalue weighted by atomic mass is 16.5. The van der Waals surface area contributed by atoms with Crippen LogP contribution < -0.4 is 16.4 Å². The van der Waals surface area contributed by atoms with Gasteiger partial charge in [0, 0.05) is 18.1 Å². The number of anilines is 1. The summed E-state index contributed by atoms with van der Waals surface area (Å²) in [6.45, 7) is 5.57. The first-order valence-corrected chi connectivity index (χ1v) is 9.63. The summed E-state index contributed by atoms with van der Waals surface area (Å²) in [5, 5.41) is 5.40. The Bertz CT molecular complexity index is 850. The summed E-state index contributed by atoms with van der Waals surface area (Å²) < 4.78 is 5.16. The molecule has 0 aliphatic carbocycles. The maximum absolute atomic E-state index is 12.7. The van der Waals surface area contributed by atoms with E-state index in [1.807, 2.05) is 51.1 Å². The van der Waals surface area contributed by atoms with Crippen molar-refractivity contribution in [3.8, 4) is 0 Å². The van der Waals surface area contributed by atoms with Crippen LogP contribution in [-0.4, -0.2) is 34.9 Å². The van der Waals surface area contributed by atoms with Crippen LogP contribution in [0, 0.1) is 5.41 Å². The summed E-state index contributed by atoms with van der Waals surface area (Å²) in [5.74, 6) is -1.58. The molecule has 0 radical (unpaired) electrons. The van der Waals surface area contributed by atoms with Crippen LogP contribution >= 0.6 is 0 Å². The highest BCUT2D eigenvalue weighted by Crippen LogP contribution is 2.21. The lowest BCUT2D eigenvalue weighted by Gasteiger charge is -2.31. The number of carbonyl (C=O) groups excluding carboxylic acids is 3. The number of esters is 1. The van der Waals surface area contributed by atoms with Gasteiger partial charge in [0.2, 0.25) is 11.8 Å². The zero-order valence-electron chi connectivity index (χ0n) is 17.4. The number of nitrogens with zero attached hydrogens (tertiary/aromatic N) is 1. The van der Waals surface area contributed by atoms with E-state index in [0.29, 0.717) is 5.69 Å². The number of pyridine rings is 1. The molecule has 0 saturated heterocycles. The molecule has 2 aromatic rings. The van der Waals surface area contributed by atoms with Crippen molar-refractivity contribution in [3.05, 3.63) is 60.4 Å². The van der Waals surface area contributed by atoms with E-state index in [1.165, 1.54) is 0 Å². The summed E-state index contributed by atoms with van der Waals surface area (Å²) in [6, 6.07) is 10.5. The van der Waals surface area contributed by atoms with Crippen molar-refractivity contribution in [2.75, 3.05) is 5.32 Å². The van der Waals surface area contributed by atoms with Crippen LogP contribution in [0.3, 0.4) is 0 Å². The Morgan fingerprint density at radius 3 is 2.27 bits per heavy atom. The second-order valence-corrected chi connectivity index (χ2v) is 7.99. The molecule has 2 amide bonds. The van der Waals surface area contributed by atoms with Crippen molar-refractivity contribution in [3.63, 3.8) is 0 Å². The van der Waals surface area contributed by atoms with E-state index in [9.17, 15) is 14.4 Å². The summed E-state index contributed by atoms with van der Waals surface area (Å²) in [6.07, 6.45) is 2.82. The first-order valence-electron chi connectivity index (χ1n) is 9.63. The number of nitrogens with one attached hydrogen (secondary N) is 2. The third kappa shape index (κ3) is 7.29. The minimum absolute atomic E-state index is 0.104. The van der Waals surface area contributed by atoms with Gasteiger partial charge in [-0.1, -0.05) is 51.1 Å². The lowest BCUT2D eigenvalue weighted by molar-refractivity contribution is -0.146. The Morgan fingerprint density at radius 1 is 1.03 bits per heavy atom. The molecule has 1 aromatic carbocycles. The van der Waals surface area contributed by atoms with Crippen molar-refractivity contribution >= 4 is 23.5 Å². The molecular formula is C22H28N4O4. The third-order valence-electron chi connectivity index (χ3n) is 4.33. The van der Waals surface area contributed by atoms with E-state index >= 15 is 0 Å². The molecule has 0 aliphatic rings. The Morgan fingerprint density at radius 2 is 1.67 bits per heavy atom. The van der Waals surface area contributed by atoms with E-state index in [4.69, 9.17) is 10.5 Å². The summed E-state index contributed by atoms with van der Waals surface area (Å²) in [4.78, 5) is 41.2. The molecule has 0 spiro atoms. The number of hydrogen-bond donors (Lipinski definition) is 3. The predicted molar refractivity (Wildman–Crippen MR) is 113 cm³/mol. The fourth-order valence-electron chi connectivity index (χ4n) is 2.64. The SMILES string of the molecule is CC(C)(C)[C@H](NC(=O)[C@H](N)CC(=O)OCc1ccccc1)C(=O)Nc1ccncc1. The van der Waals surface area contributed by atoms with E-state index in [2.05, 4.69) is 15.6 Å². The molecule has 8 heteroatoms. The highest BCUT2D eigenvalue weighted by molar-refractivity contribution is 5.98. The second-order valence-electron chi connectivity index (χ2n) is 7.99. The topological polar surface area (TPSA) is 123 Å². The van der Waals surface area contributed by atoms with Gasteiger partial charge in [-0.25, -0.2) is 0 Å². The van der Waals surface area contributed by atoms with Crippen LogP contribution in [0.5, 0.6) is 0 Å². The molecule has 1 aromatic heterocycles. The number of carbonyl (C=O) groups is 3.